The molecule has 1 aromatic carbocycles. The number of urea groups is 1. The molecule has 1 N–H and O–H groups in total. The molecule has 0 aliphatic carbocycles. The first kappa shape index (κ1) is 18.6. The number of benzene rings is 1. The Morgan fingerprint density at radius 3 is 2.75 bits per heavy atom. The van der Waals surface area contributed by atoms with Crippen LogP contribution in [0.2, 0.25) is 0 Å². The van der Waals surface area contributed by atoms with E-state index in [2.05, 4.69) is 16.0 Å². The van der Waals surface area contributed by atoms with Gasteiger partial charge in [-0.25, -0.2) is 4.79 Å². The Labute approximate surface area is 166 Å². The van der Waals surface area contributed by atoms with Gasteiger partial charge in [-0.2, -0.15) is 0 Å². The van der Waals surface area contributed by atoms with Crippen molar-refractivity contribution in [3.05, 3.63) is 53.9 Å². The zero-order valence-corrected chi connectivity index (χ0v) is 16.4. The highest BCUT2D eigenvalue weighted by atomic mass is 16.2. The van der Waals surface area contributed by atoms with E-state index < -0.39 is 0 Å². The molecular formula is C22H28N4O2. The van der Waals surface area contributed by atoms with E-state index in [0.29, 0.717) is 18.7 Å². The van der Waals surface area contributed by atoms with E-state index in [1.807, 2.05) is 48.5 Å². The number of anilines is 1. The van der Waals surface area contributed by atoms with Crippen LogP contribution in [0.3, 0.4) is 0 Å². The van der Waals surface area contributed by atoms with Crippen molar-refractivity contribution < 1.29 is 9.59 Å². The molecule has 4 rings (SSSR count). The molecule has 0 spiro atoms. The van der Waals surface area contributed by atoms with Gasteiger partial charge in [0.1, 0.15) is 0 Å². The lowest BCUT2D eigenvalue weighted by Gasteiger charge is -2.31. The Hall–Kier alpha value is -2.76. The Balaban J connectivity index is 1.62. The molecule has 0 radical (unpaired) electrons. The lowest BCUT2D eigenvalue weighted by atomic mass is 10.0. The van der Waals surface area contributed by atoms with E-state index >= 15 is 0 Å². The number of likely N-dealkylation sites (tertiary alicyclic amines) is 1. The maximum absolute atomic E-state index is 13.5. The molecule has 28 heavy (non-hydrogen) atoms. The number of rotatable bonds is 3. The Morgan fingerprint density at radius 2 is 1.96 bits per heavy atom. The van der Waals surface area contributed by atoms with Crippen molar-refractivity contribution in [3.63, 3.8) is 0 Å². The van der Waals surface area contributed by atoms with Crippen molar-refractivity contribution >= 4 is 17.6 Å². The van der Waals surface area contributed by atoms with Gasteiger partial charge >= 0.3 is 6.03 Å². The summed E-state index contributed by atoms with van der Waals surface area (Å²) in [5, 5.41) is 2.87. The molecule has 2 saturated heterocycles. The van der Waals surface area contributed by atoms with Crippen molar-refractivity contribution in [2.45, 2.75) is 38.1 Å². The maximum atomic E-state index is 13.5. The summed E-state index contributed by atoms with van der Waals surface area (Å²) in [6.45, 7) is 2.16. The van der Waals surface area contributed by atoms with Crippen LogP contribution < -0.4 is 10.2 Å². The number of aromatic nitrogens is 1. The second-order valence-electron chi connectivity index (χ2n) is 7.70. The highest BCUT2D eigenvalue weighted by Crippen LogP contribution is 2.32. The molecule has 0 saturated carbocycles. The summed E-state index contributed by atoms with van der Waals surface area (Å²) in [5.74, 6) is 0.0485. The van der Waals surface area contributed by atoms with Gasteiger partial charge in [0.15, 0.2) is 0 Å². The van der Waals surface area contributed by atoms with Gasteiger partial charge in [-0.3, -0.25) is 9.69 Å². The first-order valence-corrected chi connectivity index (χ1v) is 10.2. The van der Waals surface area contributed by atoms with Crippen molar-refractivity contribution in [1.82, 2.24) is 14.8 Å². The van der Waals surface area contributed by atoms with E-state index in [1.165, 1.54) is 5.69 Å². The summed E-state index contributed by atoms with van der Waals surface area (Å²) < 4.78 is 2.12. The van der Waals surface area contributed by atoms with Gasteiger partial charge < -0.3 is 14.8 Å². The topological polar surface area (TPSA) is 57.6 Å². The third-order valence-electron chi connectivity index (χ3n) is 5.82. The van der Waals surface area contributed by atoms with Crippen LogP contribution in [-0.2, 0) is 7.05 Å². The molecule has 6 heteroatoms. The molecule has 2 aromatic rings. The average molecular weight is 380 g/mol. The van der Waals surface area contributed by atoms with Crippen LogP contribution >= 0.6 is 0 Å². The van der Waals surface area contributed by atoms with E-state index in [4.69, 9.17) is 0 Å². The fourth-order valence-corrected chi connectivity index (χ4v) is 4.33. The second-order valence-corrected chi connectivity index (χ2v) is 7.70. The third kappa shape index (κ3) is 3.63. The van der Waals surface area contributed by atoms with Crippen molar-refractivity contribution in [3.8, 4) is 0 Å². The largest absolute Gasteiger partial charge is 0.353 e. The van der Waals surface area contributed by atoms with Crippen molar-refractivity contribution in [2.24, 2.45) is 7.05 Å². The predicted octanol–water partition coefficient (Wildman–Crippen LogP) is 3.70. The van der Waals surface area contributed by atoms with Gasteiger partial charge in [-0.1, -0.05) is 18.9 Å². The number of hydrogen-bond acceptors (Lipinski definition) is 2. The zero-order chi connectivity index (χ0) is 19.5. The summed E-state index contributed by atoms with van der Waals surface area (Å²) in [6.07, 6.45) is 7.25. The average Bonchev–Trinajstić information content (AvgIpc) is 2.99. The first-order chi connectivity index (χ1) is 13.6. The molecule has 148 valence electrons. The van der Waals surface area contributed by atoms with Gasteiger partial charge in [0, 0.05) is 49.8 Å². The molecule has 0 bridgehead atoms. The van der Waals surface area contributed by atoms with Gasteiger partial charge in [0.25, 0.3) is 5.91 Å². The molecule has 2 aliphatic heterocycles. The standard InChI is InChI=1S/C22H28N4O2/c1-24-13-6-11-19(24)20-10-3-2-4-14-26(20)21(27)17-8-5-9-18(16-17)25-15-7-12-23-22(25)28/h5-6,8-9,11,13,16,20H,2-4,7,10,12,14-15H2,1H3,(H,23,28)/t20-/m1/s1. The molecule has 6 nitrogen and oxygen atoms in total. The molecule has 1 aromatic heterocycles. The number of aryl methyl sites for hydroxylation is 1. The van der Waals surface area contributed by atoms with E-state index in [-0.39, 0.29) is 18.0 Å². The monoisotopic (exact) mass is 380 g/mol. The fraction of sp³-hybridized carbons (Fsp3) is 0.455. The maximum Gasteiger partial charge on any atom is 0.321 e. The van der Waals surface area contributed by atoms with Crippen LogP contribution in [-0.4, -0.2) is 41.0 Å². The van der Waals surface area contributed by atoms with Crippen LogP contribution in [0.15, 0.2) is 42.6 Å². The second kappa shape index (κ2) is 8.09. The smallest absolute Gasteiger partial charge is 0.321 e. The summed E-state index contributed by atoms with van der Waals surface area (Å²) >= 11 is 0. The summed E-state index contributed by atoms with van der Waals surface area (Å²) in [5.41, 5.74) is 2.62. The SMILES string of the molecule is Cn1cccc1[C@H]1CCCCCN1C(=O)c1cccc(N2CCCNC2=O)c1. The number of hydrogen-bond donors (Lipinski definition) is 1. The highest BCUT2D eigenvalue weighted by Gasteiger charge is 2.29. The molecule has 0 unspecified atom stereocenters. The van der Waals surface area contributed by atoms with Crippen LogP contribution in [0.25, 0.3) is 0 Å². The quantitative estimate of drug-likeness (QED) is 0.883. The number of carbonyl (C=O) groups excluding carboxylic acids is 2. The van der Waals surface area contributed by atoms with Gasteiger partial charge in [0.05, 0.1) is 6.04 Å². The van der Waals surface area contributed by atoms with Crippen LogP contribution in [0.5, 0.6) is 0 Å². The number of amides is 3. The number of nitrogens with zero attached hydrogens (tertiary/aromatic N) is 3. The van der Waals surface area contributed by atoms with Crippen molar-refractivity contribution in [2.75, 3.05) is 24.5 Å². The number of nitrogens with one attached hydrogen (secondary N) is 1. The Bertz CT molecular complexity index is 860. The predicted molar refractivity (Wildman–Crippen MR) is 109 cm³/mol. The minimum Gasteiger partial charge on any atom is -0.353 e. The molecule has 2 aliphatic rings. The summed E-state index contributed by atoms with van der Waals surface area (Å²) in [7, 11) is 2.04. The zero-order valence-electron chi connectivity index (χ0n) is 16.4. The van der Waals surface area contributed by atoms with Crippen LogP contribution in [0.4, 0.5) is 10.5 Å². The Morgan fingerprint density at radius 1 is 1.07 bits per heavy atom. The highest BCUT2D eigenvalue weighted by molar-refractivity contribution is 5.98. The lowest BCUT2D eigenvalue weighted by molar-refractivity contribution is 0.0674. The first-order valence-electron chi connectivity index (χ1n) is 10.2. The summed E-state index contributed by atoms with van der Waals surface area (Å²) in [6, 6.07) is 11.7. The fourth-order valence-electron chi connectivity index (χ4n) is 4.33. The molecule has 3 amide bonds. The van der Waals surface area contributed by atoms with Crippen LogP contribution in [0, 0.1) is 0 Å². The molecular weight excluding hydrogens is 352 g/mol. The van der Waals surface area contributed by atoms with Gasteiger partial charge in [-0.15, -0.1) is 0 Å². The summed E-state index contributed by atoms with van der Waals surface area (Å²) in [4.78, 5) is 29.4. The van der Waals surface area contributed by atoms with E-state index in [1.54, 1.807) is 4.90 Å². The van der Waals surface area contributed by atoms with Crippen LogP contribution in [0.1, 0.15) is 54.2 Å². The van der Waals surface area contributed by atoms with E-state index in [0.717, 1.165) is 44.3 Å². The van der Waals surface area contributed by atoms with Gasteiger partial charge in [-0.05, 0) is 49.6 Å². The molecule has 1 atom stereocenters. The Kier molecular flexibility index (Phi) is 5.37. The molecule has 2 fully saturated rings. The van der Waals surface area contributed by atoms with Gasteiger partial charge in [0.2, 0.25) is 0 Å². The lowest BCUT2D eigenvalue weighted by Crippen LogP contribution is -2.46. The van der Waals surface area contributed by atoms with Crippen molar-refractivity contribution in [1.29, 1.82) is 0 Å². The normalized spacial score (nSPS) is 20.6. The third-order valence-corrected chi connectivity index (χ3v) is 5.82. The minimum absolute atomic E-state index is 0.0485. The van der Waals surface area contributed by atoms with E-state index in [9.17, 15) is 9.59 Å². The minimum atomic E-state index is -0.0905. The molecule has 3 heterocycles. The number of carbonyl (C=O) groups is 2.